The van der Waals surface area contributed by atoms with Gasteiger partial charge in [0.2, 0.25) is 5.91 Å². The Bertz CT molecular complexity index is 599. The molecule has 2 aromatic carbocycles. The van der Waals surface area contributed by atoms with Crippen molar-refractivity contribution in [3.63, 3.8) is 0 Å². The Kier molecular flexibility index (Phi) is 6.26. The minimum absolute atomic E-state index is 0.0127. The Morgan fingerprint density at radius 3 is 2.48 bits per heavy atom. The number of carbonyl (C=O) groups is 1. The van der Waals surface area contributed by atoms with E-state index in [1.165, 1.54) is 0 Å². The smallest absolute Gasteiger partial charge is 0.224 e. The standard InChI is InChI=1S/C16H15Br2NO2/c17-12-7-9-13(10-8-12)21-11-3-6-16(20)19-15-5-2-1-4-14(15)18/h1-2,4-5,7-10H,3,6,11H2,(H,19,20). The molecule has 0 fully saturated rings. The minimum Gasteiger partial charge on any atom is -0.494 e. The fourth-order valence-corrected chi connectivity index (χ4v) is 2.38. The normalized spacial score (nSPS) is 10.2. The zero-order chi connectivity index (χ0) is 15.1. The van der Waals surface area contributed by atoms with E-state index < -0.39 is 0 Å². The van der Waals surface area contributed by atoms with Crippen LogP contribution >= 0.6 is 31.9 Å². The van der Waals surface area contributed by atoms with Gasteiger partial charge in [-0.3, -0.25) is 4.79 Å². The first-order valence-corrected chi connectivity index (χ1v) is 8.16. The molecule has 0 saturated carbocycles. The molecule has 5 heteroatoms. The van der Waals surface area contributed by atoms with Crippen molar-refractivity contribution < 1.29 is 9.53 Å². The highest BCUT2D eigenvalue weighted by molar-refractivity contribution is 9.10. The van der Waals surface area contributed by atoms with E-state index in [0.29, 0.717) is 19.4 Å². The summed E-state index contributed by atoms with van der Waals surface area (Å²) >= 11 is 6.77. The molecule has 0 atom stereocenters. The monoisotopic (exact) mass is 411 g/mol. The Hall–Kier alpha value is -1.33. The number of anilines is 1. The number of amides is 1. The van der Waals surface area contributed by atoms with Gasteiger partial charge in [0.25, 0.3) is 0 Å². The SMILES string of the molecule is O=C(CCCOc1ccc(Br)cc1)Nc1ccccc1Br. The molecule has 0 heterocycles. The van der Waals surface area contributed by atoms with Crippen LogP contribution in [0.15, 0.2) is 57.5 Å². The zero-order valence-corrected chi connectivity index (χ0v) is 14.5. The molecule has 0 aliphatic heterocycles. The van der Waals surface area contributed by atoms with E-state index in [-0.39, 0.29) is 5.91 Å². The van der Waals surface area contributed by atoms with Gasteiger partial charge >= 0.3 is 0 Å². The van der Waals surface area contributed by atoms with Gasteiger partial charge in [-0.05, 0) is 58.7 Å². The van der Waals surface area contributed by atoms with Crippen LogP contribution < -0.4 is 10.1 Å². The first-order chi connectivity index (χ1) is 10.1. The molecule has 1 amide bonds. The number of benzene rings is 2. The van der Waals surface area contributed by atoms with Crippen LogP contribution in [0.25, 0.3) is 0 Å². The second-order valence-corrected chi connectivity index (χ2v) is 6.20. The predicted molar refractivity (Wildman–Crippen MR) is 91.6 cm³/mol. The summed E-state index contributed by atoms with van der Waals surface area (Å²) in [7, 11) is 0. The van der Waals surface area contributed by atoms with Gasteiger partial charge in [-0.1, -0.05) is 28.1 Å². The molecule has 0 aromatic heterocycles. The molecule has 0 aliphatic carbocycles. The van der Waals surface area contributed by atoms with Crippen LogP contribution in [-0.2, 0) is 4.79 Å². The molecule has 0 spiro atoms. The molecule has 21 heavy (non-hydrogen) atoms. The van der Waals surface area contributed by atoms with Gasteiger partial charge in [0.1, 0.15) is 5.75 Å². The number of para-hydroxylation sites is 1. The summed E-state index contributed by atoms with van der Waals surface area (Å²) in [5.74, 6) is 0.797. The molecule has 0 bridgehead atoms. The summed E-state index contributed by atoms with van der Waals surface area (Å²) in [6.07, 6.45) is 1.10. The highest BCUT2D eigenvalue weighted by Gasteiger charge is 2.05. The van der Waals surface area contributed by atoms with Gasteiger partial charge in [-0.15, -0.1) is 0 Å². The van der Waals surface area contributed by atoms with Crippen LogP contribution in [0.5, 0.6) is 5.75 Å². The quantitative estimate of drug-likeness (QED) is 0.677. The highest BCUT2D eigenvalue weighted by Crippen LogP contribution is 2.21. The number of nitrogens with one attached hydrogen (secondary N) is 1. The van der Waals surface area contributed by atoms with Crippen LogP contribution in [0.1, 0.15) is 12.8 Å². The van der Waals surface area contributed by atoms with Crippen LogP contribution in [0.3, 0.4) is 0 Å². The molecule has 1 N–H and O–H groups in total. The molecule has 2 aromatic rings. The van der Waals surface area contributed by atoms with Gasteiger partial charge in [0.05, 0.1) is 12.3 Å². The lowest BCUT2D eigenvalue weighted by molar-refractivity contribution is -0.116. The van der Waals surface area contributed by atoms with Crippen molar-refractivity contribution in [2.24, 2.45) is 0 Å². The van der Waals surface area contributed by atoms with Crippen LogP contribution in [0.4, 0.5) is 5.69 Å². The number of carbonyl (C=O) groups excluding carboxylic acids is 1. The number of hydrogen-bond acceptors (Lipinski definition) is 2. The summed E-state index contributed by atoms with van der Waals surface area (Å²) in [4.78, 5) is 11.8. The van der Waals surface area contributed by atoms with Crippen LogP contribution in [0, 0.1) is 0 Å². The molecule has 0 radical (unpaired) electrons. The minimum atomic E-state index is -0.0127. The second-order valence-electron chi connectivity index (χ2n) is 4.43. The molecular formula is C16H15Br2NO2. The Labute approximate surface area is 141 Å². The maximum Gasteiger partial charge on any atom is 0.224 e. The third-order valence-electron chi connectivity index (χ3n) is 2.78. The lowest BCUT2D eigenvalue weighted by Gasteiger charge is -2.08. The lowest BCUT2D eigenvalue weighted by Crippen LogP contribution is -2.13. The van der Waals surface area contributed by atoms with E-state index in [4.69, 9.17) is 4.74 Å². The van der Waals surface area contributed by atoms with E-state index in [1.807, 2.05) is 48.5 Å². The van der Waals surface area contributed by atoms with Crippen molar-refractivity contribution in [2.75, 3.05) is 11.9 Å². The summed E-state index contributed by atoms with van der Waals surface area (Å²) in [5, 5.41) is 2.87. The Morgan fingerprint density at radius 2 is 1.76 bits per heavy atom. The van der Waals surface area contributed by atoms with Gasteiger partial charge < -0.3 is 10.1 Å². The van der Waals surface area contributed by atoms with Crippen LogP contribution in [-0.4, -0.2) is 12.5 Å². The number of hydrogen-bond donors (Lipinski definition) is 1. The van der Waals surface area contributed by atoms with Crippen molar-refractivity contribution in [3.05, 3.63) is 57.5 Å². The molecule has 3 nitrogen and oxygen atoms in total. The fraction of sp³-hybridized carbons (Fsp3) is 0.188. The summed E-state index contributed by atoms with van der Waals surface area (Å²) in [6.45, 7) is 0.519. The van der Waals surface area contributed by atoms with E-state index in [0.717, 1.165) is 20.4 Å². The van der Waals surface area contributed by atoms with Gasteiger partial charge in [0.15, 0.2) is 0 Å². The number of rotatable bonds is 6. The second kappa shape index (κ2) is 8.20. The lowest BCUT2D eigenvalue weighted by atomic mass is 10.2. The molecular weight excluding hydrogens is 398 g/mol. The summed E-state index contributed by atoms with van der Waals surface area (Å²) in [6, 6.07) is 15.2. The van der Waals surface area contributed by atoms with Crippen molar-refractivity contribution in [3.8, 4) is 5.75 Å². The van der Waals surface area contributed by atoms with Crippen molar-refractivity contribution in [1.82, 2.24) is 0 Å². The molecule has 0 unspecified atom stereocenters. The first-order valence-electron chi connectivity index (χ1n) is 6.58. The predicted octanol–water partition coefficient (Wildman–Crippen LogP) is 5.01. The average molecular weight is 413 g/mol. The summed E-state index contributed by atoms with van der Waals surface area (Å²) in [5.41, 5.74) is 0.788. The van der Waals surface area contributed by atoms with Crippen molar-refractivity contribution in [2.45, 2.75) is 12.8 Å². The Morgan fingerprint density at radius 1 is 1.05 bits per heavy atom. The fourth-order valence-electron chi connectivity index (χ4n) is 1.73. The molecule has 0 aliphatic rings. The van der Waals surface area contributed by atoms with E-state index >= 15 is 0 Å². The van der Waals surface area contributed by atoms with Gasteiger partial charge in [-0.2, -0.15) is 0 Å². The first kappa shape index (κ1) is 16.0. The molecule has 2 rings (SSSR count). The van der Waals surface area contributed by atoms with E-state index in [1.54, 1.807) is 0 Å². The number of ether oxygens (including phenoxy) is 1. The van der Waals surface area contributed by atoms with Crippen molar-refractivity contribution in [1.29, 1.82) is 0 Å². The Balaban J connectivity index is 1.70. The van der Waals surface area contributed by atoms with Gasteiger partial charge in [0, 0.05) is 15.4 Å². The van der Waals surface area contributed by atoms with E-state index in [2.05, 4.69) is 37.2 Å². The van der Waals surface area contributed by atoms with Gasteiger partial charge in [-0.25, -0.2) is 0 Å². The third-order valence-corrected chi connectivity index (χ3v) is 4.00. The third kappa shape index (κ3) is 5.52. The highest BCUT2D eigenvalue weighted by atomic mass is 79.9. The maximum atomic E-state index is 11.8. The average Bonchev–Trinajstić information content (AvgIpc) is 2.48. The number of halogens is 2. The topological polar surface area (TPSA) is 38.3 Å². The summed E-state index contributed by atoms with van der Waals surface area (Å²) < 4.78 is 7.47. The molecule has 110 valence electrons. The maximum absolute atomic E-state index is 11.8. The van der Waals surface area contributed by atoms with Crippen molar-refractivity contribution >= 4 is 43.5 Å². The zero-order valence-electron chi connectivity index (χ0n) is 11.3. The van der Waals surface area contributed by atoms with E-state index in [9.17, 15) is 4.79 Å². The molecule has 0 saturated heterocycles. The van der Waals surface area contributed by atoms with Crippen LogP contribution in [0.2, 0.25) is 0 Å². The largest absolute Gasteiger partial charge is 0.494 e.